The number of carbonyl (C=O) groups excluding carboxylic acids is 2. The van der Waals surface area contributed by atoms with Crippen LogP contribution in [0.15, 0.2) is 0 Å². The molecule has 4 aliphatic carbocycles. The van der Waals surface area contributed by atoms with Crippen molar-refractivity contribution in [1.29, 1.82) is 0 Å². The van der Waals surface area contributed by atoms with Gasteiger partial charge in [-0.3, -0.25) is 9.59 Å². The molecular weight excluding hydrogens is 264 g/mol. The van der Waals surface area contributed by atoms with Crippen LogP contribution in [0.4, 0.5) is 0 Å². The topological polar surface area (TPSA) is 58.2 Å². The summed E-state index contributed by atoms with van der Waals surface area (Å²) in [7, 11) is 0. The van der Waals surface area contributed by atoms with E-state index in [0.717, 1.165) is 38.5 Å². The molecule has 21 heavy (non-hydrogen) atoms. The highest BCUT2D eigenvalue weighted by atomic mass is 16.2. The molecule has 0 saturated heterocycles. The van der Waals surface area contributed by atoms with E-state index in [1.807, 2.05) is 0 Å². The quantitative estimate of drug-likeness (QED) is 0.836. The van der Waals surface area contributed by atoms with Gasteiger partial charge in [0.05, 0.1) is 5.41 Å². The van der Waals surface area contributed by atoms with Gasteiger partial charge in [0, 0.05) is 18.5 Å². The first-order valence-corrected chi connectivity index (χ1v) is 8.46. The second kappa shape index (κ2) is 4.99. The minimum Gasteiger partial charge on any atom is -0.353 e. The first-order chi connectivity index (χ1) is 9.86. The lowest BCUT2D eigenvalue weighted by atomic mass is 9.46. The monoisotopic (exact) mass is 292 g/mol. The summed E-state index contributed by atoms with van der Waals surface area (Å²) in [5.74, 6) is 1.51. The van der Waals surface area contributed by atoms with Crippen molar-refractivity contribution in [3.63, 3.8) is 0 Å². The van der Waals surface area contributed by atoms with Crippen LogP contribution in [0.1, 0.15) is 65.7 Å². The second-order valence-corrected chi connectivity index (χ2v) is 7.99. The minimum absolute atomic E-state index is 0.0504. The van der Waals surface area contributed by atoms with Crippen LogP contribution in [0.3, 0.4) is 0 Å². The number of rotatable bonds is 4. The molecule has 0 unspecified atom stereocenters. The van der Waals surface area contributed by atoms with Crippen LogP contribution in [0.2, 0.25) is 0 Å². The Balaban J connectivity index is 1.83. The summed E-state index contributed by atoms with van der Waals surface area (Å²) in [6, 6.07) is 0.238. The summed E-state index contributed by atoms with van der Waals surface area (Å²) in [4.78, 5) is 24.5. The smallest absolute Gasteiger partial charge is 0.226 e. The van der Waals surface area contributed by atoms with Crippen LogP contribution in [-0.2, 0) is 9.59 Å². The van der Waals surface area contributed by atoms with Gasteiger partial charge in [0.2, 0.25) is 11.8 Å². The Morgan fingerprint density at radius 1 is 1.19 bits per heavy atom. The van der Waals surface area contributed by atoms with E-state index >= 15 is 0 Å². The fourth-order valence-corrected chi connectivity index (χ4v) is 5.53. The predicted octanol–water partition coefficient (Wildman–Crippen LogP) is 2.38. The van der Waals surface area contributed by atoms with Gasteiger partial charge in [-0.1, -0.05) is 6.92 Å². The van der Waals surface area contributed by atoms with Crippen molar-refractivity contribution in [2.75, 3.05) is 0 Å². The number of hydrogen-bond donors (Lipinski definition) is 2. The Hall–Kier alpha value is -1.06. The van der Waals surface area contributed by atoms with Crippen molar-refractivity contribution in [2.45, 2.75) is 77.3 Å². The van der Waals surface area contributed by atoms with E-state index in [0.29, 0.717) is 11.8 Å². The predicted molar refractivity (Wildman–Crippen MR) is 81.6 cm³/mol. The maximum absolute atomic E-state index is 12.9. The van der Waals surface area contributed by atoms with Gasteiger partial charge in [0.25, 0.3) is 0 Å². The van der Waals surface area contributed by atoms with Crippen molar-refractivity contribution in [3.8, 4) is 0 Å². The third-order valence-electron chi connectivity index (χ3n) is 5.97. The second-order valence-electron chi connectivity index (χ2n) is 7.99. The highest BCUT2D eigenvalue weighted by Gasteiger charge is 2.60. The maximum atomic E-state index is 12.9. The number of amides is 2. The molecule has 2 N–H and O–H groups in total. The van der Waals surface area contributed by atoms with Gasteiger partial charge in [-0.25, -0.2) is 0 Å². The molecule has 118 valence electrons. The summed E-state index contributed by atoms with van der Waals surface area (Å²) in [6.07, 6.45) is 7.24. The first-order valence-electron chi connectivity index (χ1n) is 8.46. The molecule has 0 radical (unpaired) electrons. The van der Waals surface area contributed by atoms with Crippen LogP contribution in [0.25, 0.3) is 0 Å². The molecule has 3 atom stereocenters. The van der Waals surface area contributed by atoms with Gasteiger partial charge < -0.3 is 10.6 Å². The summed E-state index contributed by atoms with van der Waals surface area (Å²) in [6.45, 7) is 5.77. The van der Waals surface area contributed by atoms with Crippen molar-refractivity contribution >= 4 is 11.8 Å². The van der Waals surface area contributed by atoms with Crippen molar-refractivity contribution in [1.82, 2.24) is 10.6 Å². The van der Waals surface area contributed by atoms with E-state index < -0.39 is 0 Å². The number of nitrogens with one attached hydrogen (secondary N) is 2. The summed E-state index contributed by atoms with van der Waals surface area (Å²) in [5.41, 5.74) is -0.335. The van der Waals surface area contributed by atoms with Crippen LogP contribution >= 0.6 is 0 Å². The SMILES string of the molecule is CC[C@H](C)NC(=O)C12C[C@H]3C[C@@H](CC(NC(C)=O)(C3)C1)C2. The highest BCUT2D eigenvalue weighted by molar-refractivity contribution is 5.84. The highest BCUT2D eigenvalue weighted by Crippen LogP contribution is 2.61. The van der Waals surface area contributed by atoms with Crippen molar-refractivity contribution in [3.05, 3.63) is 0 Å². The number of carbonyl (C=O) groups is 2. The Morgan fingerprint density at radius 3 is 2.33 bits per heavy atom. The summed E-state index contributed by atoms with van der Waals surface area (Å²) in [5, 5.41) is 6.42. The van der Waals surface area contributed by atoms with E-state index in [9.17, 15) is 9.59 Å². The molecule has 4 rings (SSSR count). The zero-order valence-electron chi connectivity index (χ0n) is 13.5. The minimum atomic E-state index is -0.226. The van der Waals surface area contributed by atoms with Crippen LogP contribution in [0, 0.1) is 17.3 Å². The van der Waals surface area contributed by atoms with Gasteiger partial charge in [-0.05, 0) is 63.7 Å². The van der Waals surface area contributed by atoms with Gasteiger partial charge in [0.15, 0.2) is 0 Å². The Labute approximate surface area is 127 Å². The maximum Gasteiger partial charge on any atom is 0.226 e. The molecule has 0 heterocycles. The zero-order valence-corrected chi connectivity index (χ0v) is 13.5. The van der Waals surface area contributed by atoms with Crippen molar-refractivity contribution in [2.24, 2.45) is 17.3 Å². The van der Waals surface area contributed by atoms with Crippen LogP contribution in [-0.4, -0.2) is 23.4 Å². The molecule has 4 aliphatic rings. The molecule has 0 spiro atoms. The molecule has 2 amide bonds. The molecule has 4 fully saturated rings. The van der Waals surface area contributed by atoms with Crippen LogP contribution in [0.5, 0.6) is 0 Å². The molecule has 4 heteroatoms. The number of hydrogen-bond acceptors (Lipinski definition) is 2. The van der Waals surface area contributed by atoms with Crippen molar-refractivity contribution < 1.29 is 9.59 Å². The molecule has 4 nitrogen and oxygen atoms in total. The lowest BCUT2D eigenvalue weighted by Gasteiger charge is -2.61. The average Bonchev–Trinajstić information content (AvgIpc) is 2.35. The normalized spacial score (nSPS) is 41.7. The Morgan fingerprint density at radius 2 is 1.81 bits per heavy atom. The zero-order chi connectivity index (χ0) is 15.3. The fourth-order valence-electron chi connectivity index (χ4n) is 5.53. The standard InChI is InChI=1S/C17H28N2O2/c1-4-11(2)18-15(21)16-6-13-5-14(7-16)9-17(8-13,10-16)19-12(3)20/h11,13-14H,4-10H2,1-3H3,(H,18,21)(H,19,20)/t11-,13+,14+,16?,17?/m0/s1. The molecule has 4 bridgehead atoms. The average molecular weight is 292 g/mol. The fraction of sp³-hybridized carbons (Fsp3) is 0.882. The molecule has 4 saturated carbocycles. The van der Waals surface area contributed by atoms with Crippen LogP contribution < -0.4 is 10.6 Å². The summed E-state index contributed by atoms with van der Waals surface area (Å²) >= 11 is 0. The Bertz CT molecular complexity index is 446. The molecular formula is C17H28N2O2. The molecule has 0 aromatic carbocycles. The largest absolute Gasteiger partial charge is 0.353 e. The molecule has 0 aliphatic heterocycles. The Kier molecular flexibility index (Phi) is 3.53. The van der Waals surface area contributed by atoms with E-state index in [4.69, 9.17) is 0 Å². The van der Waals surface area contributed by atoms with E-state index in [-0.39, 0.29) is 28.8 Å². The lowest BCUT2D eigenvalue weighted by Crippen LogP contribution is -2.66. The first kappa shape index (κ1) is 14.9. The van der Waals surface area contributed by atoms with E-state index in [1.165, 1.54) is 6.42 Å². The lowest BCUT2D eigenvalue weighted by molar-refractivity contribution is -0.153. The molecule has 0 aromatic heterocycles. The van der Waals surface area contributed by atoms with Gasteiger partial charge in [-0.2, -0.15) is 0 Å². The van der Waals surface area contributed by atoms with Gasteiger partial charge in [0.1, 0.15) is 0 Å². The van der Waals surface area contributed by atoms with Gasteiger partial charge >= 0.3 is 0 Å². The molecule has 0 aromatic rings. The van der Waals surface area contributed by atoms with E-state index in [1.54, 1.807) is 6.92 Å². The summed E-state index contributed by atoms with van der Waals surface area (Å²) < 4.78 is 0. The van der Waals surface area contributed by atoms with Gasteiger partial charge in [-0.15, -0.1) is 0 Å². The third-order valence-corrected chi connectivity index (χ3v) is 5.97. The van der Waals surface area contributed by atoms with E-state index in [2.05, 4.69) is 24.5 Å². The third kappa shape index (κ3) is 2.58.